The lowest BCUT2D eigenvalue weighted by atomic mass is 9.72. The van der Waals surface area contributed by atoms with Crippen molar-refractivity contribution < 1.29 is 9.18 Å². The van der Waals surface area contributed by atoms with Gasteiger partial charge in [0.1, 0.15) is 5.82 Å². The zero-order valence-electron chi connectivity index (χ0n) is 22.5. The van der Waals surface area contributed by atoms with E-state index in [4.69, 9.17) is 0 Å². The summed E-state index contributed by atoms with van der Waals surface area (Å²) in [4.78, 5) is 25.1. The van der Waals surface area contributed by atoms with E-state index in [1.807, 2.05) is 29.9 Å². The van der Waals surface area contributed by atoms with Crippen molar-refractivity contribution in [2.75, 3.05) is 42.9 Å². The monoisotopic (exact) mass is 517 g/mol. The molecule has 1 spiro atoms. The minimum Gasteiger partial charge on any atom is -0.369 e. The predicted molar refractivity (Wildman–Crippen MR) is 148 cm³/mol. The molecule has 0 bridgehead atoms. The highest BCUT2D eigenvalue weighted by molar-refractivity contribution is 5.89. The molecule has 9 heteroatoms. The number of nitrogens with one attached hydrogen (secondary N) is 1. The Morgan fingerprint density at radius 2 is 2.00 bits per heavy atom. The quantitative estimate of drug-likeness (QED) is 0.393. The molecule has 0 saturated carbocycles. The van der Waals surface area contributed by atoms with Gasteiger partial charge in [-0.25, -0.2) is 14.4 Å². The fourth-order valence-corrected chi connectivity index (χ4v) is 5.48. The van der Waals surface area contributed by atoms with E-state index in [-0.39, 0.29) is 17.6 Å². The fourth-order valence-electron chi connectivity index (χ4n) is 5.48. The van der Waals surface area contributed by atoms with Crippen LogP contribution in [0.5, 0.6) is 0 Å². The lowest BCUT2D eigenvalue weighted by Crippen LogP contribution is -2.60. The molecular weight excluding hydrogens is 481 g/mol. The van der Waals surface area contributed by atoms with Crippen LogP contribution in [-0.2, 0) is 4.79 Å². The van der Waals surface area contributed by atoms with Gasteiger partial charge >= 0.3 is 0 Å². The Bertz CT molecular complexity index is 1320. The number of hydrogen-bond acceptors (Lipinski definition) is 7. The molecule has 1 N–H and O–H groups in total. The van der Waals surface area contributed by atoms with Gasteiger partial charge in [0.15, 0.2) is 5.78 Å². The third kappa shape index (κ3) is 5.48. The molecule has 5 rings (SSSR count). The minimum atomic E-state index is -0.255. The molecule has 2 aromatic heterocycles. The van der Waals surface area contributed by atoms with E-state index < -0.39 is 0 Å². The van der Waals surface area contributed by atoms with Gasteiger partial charge in [0.05, 0.1) is 17.6 Å². The Labute approximate surface area is 223 Å². The van der Waals surface area contributed by atoms with E-state index in [0.29, 0.717) is 29.2 Å². The van der Waals surface area contributed by atoms with Crippen LogP contribution in [0.1, 0.15) is 44.7 Å². The minimum absolute atomic E-state index is 0.0993. The summed E-state index contributed by atoms with van der Waals surface area (Å²) < 4.78 is 17.1. The second kappa shape index (κ2) is 10.6. The van der Waals surface area contributed by atoms with Gasteiger partial charge in [-0.15, -0.1) is 0 Å². The first-order valence-electron chi connectivity index (χ1n) is 13.3. The van der Waals surface area contributed by atoms with Crippen LogP contribution < -0.4 is 10.2 Å². The summed E-state index contributed by atoms with van der Waals surface area (Å²) in [6.45, 7) is 14.2. The van der Waals surface area contributed by atoms with Crippen molar-refractivity contribution in [3.8, 4) is 11.3 Å². The van der Waals surface area contributed by atoms with Gasteiger partial charge in [0.25, 0.3) is 0 Å². The highest BCUT2D eigenvalue weighted by Gasteiger charge is 2.44. The largest absolute Gasteiger partial charge is 0.369 e. The van der Waals surface area contributed by atoms with Crippen LogP contribution in [0.3, 0.4) is 0 Å². The van der Waals surface area contributed by atoms with Crippen molar-refractivity contribution in [1.82, 2.24) is 24.6 Å². The first-order chi connectivity index (χ1) is 18.2. The number of benzene rings is 1. The summed E-state index contributed by atoms with van der Waals surface area (Å²) in [5.41, 5.74) is 4.21. The van der Waals surface area contributed by atoms with E-state index in [1.54, 1.807) is 12.4 Å². The smallest absolute Gasteiger partial charge is 0.227 e. The molecule has 38 heavy (non-hydrogen) atoms. The summed E-state index contributed by atoms with van der Waals surface area (Å²) in [6, 6.07) is 5.49. The number of carbonyl (C=O) groups is 1. The molecular formula is C29H36FN7O. The van der Waals surface area contributed by atoms with E-state index >= 15 is 4.39 Å². The first-order valence-corrected chi connectivity index (χ1v) is 13.3. The van der Waals surface area contributed by atoms with Crippen molar-refractivity contribution in [2.45, 2.75) is 46.1 Å². The number of likely N-dealkylation sites (tertiary alicyclic amines) is 1. The molecule has 0 atom stereocenters. The van der Waals surface area contributed by atoms with Crippen LogP contribution in [-0.4, -0.2) is 63.2 Å². The van der Waals surface area contributed by atoms with Gasteiger partial charge in [-0.05, 0) is 68.9 Å². The van der Waals surface area contributed by atoms with Gasteiger partial charge in [-0.2, -0.15) is 5.10 Å². The van der Waals surface area contributed by atoms with Crippen LogP contribution in [0.15, 0.2) is 49.4 Å². The van der Waals surface area contributed by atoms with Crippen LogP contribution in [0.4, 0.5) is 21.7 Å². The molecule has 0 radical (unpaired) electrons. The molecule has 0 unspecified atom stereocenters. The lowest BCUT2D eigenvalue weighted by Gasteiger charge is -2.54. The van der Waals surface area contributed by atoms with Crippen molar-refractivity contribution in [3.05, 3.63) is 60.8 Å². The highest BCUT2D eigenvalue weighted by Crippen LogP contribution is 2.42. The SMILES string of the molecule is C=CC(=O)CCN1CC2(CCN(c3ccc(Nc4ncc(C)c(-c5cnn(C(C)C)c5)n4)cc3F)CC2)C1. The van der Waals surface area contributed by atoms with E-state index in [0.717, 1.165) is 62.4 Å². The number of carbonyl (C=O) groups excluding carboxylic acids is 1. The van der Waals surface area contributed by atoms with Gasteiger partial charge in [0, 0.05) is 68.8 Å². The predicted octanol–water partition coefficient (Wildman–Crippen LogP) is 5.16. The highest BCUT2D eigenvalue weighted by atomic mass is 19.1. The van der Waals surface area contributed by atoms with Crippen molar-refractivity contribution in [2.24, 2.45) is 5.41 Å². The third-order valence-electron chi connectivity index (χ3n) is 7.76. The molecule has 2 saturated heterocycles. The van der Waals surface area contributed by atoms with Crippen LogP contribution in [0, 0.1) is 18.2 Å². The number of rotatable bonds is 9. The Kier molecular flexibility index (Phi) is 7.29. The molecule has 2 aliphatic heterocycles. The molecule has 3 aromatic rings. The van der Waals surface area contributed by atoms with E-state index in [9.17, 15) is 4.79 Å². The summed E-state index contributed by atoms with van der Waals surface area (Å²) in [5.74, 6) is 0.260. The summed E-state index contributed by atoms with van der Waals surface area (Å²) >= 11 is 0. The van der Waals surface area contributed by atoms with Crippen molar-refractivity contribution >= 4 is 23.1 Å². The Morgan fingerprint density at radius 3 is 2.66 bits per heavy atom. The first kappa shape index (κ1) is 26.0. The Morgan fingerprint density at radius 1 is 1.24 bits per heavy atom. The fraction of sp³-hybridized carbons (Fsp3) is 0.448. The van der Waals surface area contributed by atoms with Crippen LogP contribution in [0.2, 0.25) is 0 Å². The number of allylic oxidation sites excluding steroid dienone is 1. The average molecular weight is 518 g/mol. The van der Waals surface area contributed by atoms with Crippen molar-refractivity contribution in [3.63, 3.8) is 0 Å². The van der Waals surface area contributed by atoms with Gasteiger partial charge < -0.3 is 15.1 Å². The van der Waals surface area contributed by atoms with Crippen molar-refractivity contribution in [1.29, 1.82) is 0 Å². The second-order valence-corrected chi connectivity index (χ2v) is 10.9. The van der Waals surface area contributed by atoms with E-state index in [2.05, 4.69) is 50.6 Å². The van der Waals surface area contributed by atoms with Gasteiger partial charge in [-0.1, -0.05) is 6.58 Å². The maximum atomic E-state index is 15.2. The Balaban J connectivity index is 1.19. The van der Waals surface area contributed by atoms with Gasteiger partial charge in [0.2, 0.25) is 5.95 Å². The molecule has 2 aliphatic rings. The molecule has 2 fully saturated rings. The molecule has 1 aromatic carbocycles. The zero-order chi connectivity index (χ0) is 26.9. The zero-order valence-corrected chi connectivity index (χ0v) is 22.5. The Hall–Kier alpha value is -3.59. The number of ketones is 1. The molecule has 200 valence electrons. The molecule has 8 nitrogen and oxygen atoms in total. The number of nitrogens with zero attached hydrogens (tertiary/aromatic N) is 6. The number of aryl methyl sites for hydroxylation is 1. The standard InChI is InChI=1S/C29H36FN7O/c1-5-24(38)8-11-35-18-29(19-35)9-12-36(13-10-29)26-7-6-23(14-25(26)30)33-28-31-15-21(4)27(34-28)22-16-32-37(17-22)20(2)3/h5-7,14-17,20H,1,8-13,18-19H2,2-4H3,(H,31,33,34). The number of piperidine rings is 1. The molecule has 4 heterocycles. The van der Waals surface area contributed by atoms with E-state index in [1.165, 1.54) is 12.1 Å². The lowest BCUT2D eigenvalue weighted by molar-refractivity contribution is -0.115. The number of halogens is 1. The number of anilines is 3. The summed E-state index contributed by atoms with van der Waals surface area (Å²) in [5, 5.41) is 7.57. The maximum absolute atomic E-state index is 15.2. The summed E-state index contributed by atoms with van der Waals surface area (Å²) in [6.07, 6.45) is 9.56. The second-order valence-electron chi connectivity index (χ2n) is 10.9. The van der Waals surface area contributed by atoms with Crippen LogP contribution in [0.25, 0.3) is 11.3 Å². The average Bonchev–Trinajstić information content (AvgIpc) is 3.38. The topological polar surface area (TPSA) is 79.2 Å². The molecule has 0 aliphatic carbocycles. The summed E-state index contributed by atoms with van der Waals surface area (Å²) in [7, 11) is 0. The number of aromatic nitrogens is 4. The third-order valence-corrected chi connectivity index (χ3v) is 7.76. The normalized spacial score (nSPS) is 17.0. The van der Waals surface area contributed by atoms with Crippen LogP contribution >= 0.6 is 0 Å². The van der Waals surface area contributed by atoms with Gasteiger partial charge in [-0.3, -0.25) is 9.48 Å². The number of hydrogen-bond donors (Lipinski definition) is 1. The maximum Gasteiger partial charge on any atom is 0.227 e. The molecule has 0 amide bonds.